The molecule has 1 N–H and O–H groups in total. The highest BCUT2D eigenvalue weighted by Crippen LogP contribution is 2.37. The summed E-state index contributed by atoms with van der Waals surface area (Å²) in [6, 6.07) is 2.97. The molecule has 0 unspecified atom stereocenters. The van der Waals surface area contributed by atoms with Gasteiger partial charge in [-0.2, -0.15) is 0 Å². The van der Waals surface area contributed by atoms with Gasteiger partial charge in [0.2, 0.25) is 0 Å². The number of phenols is 1. The van der Waals surface area contributed by atoms with Crippen molar-refractivity contribution in [2.24, 2.45) is 0 Å². The first-order valence-electron chi connectivity index (χ1n) is 5.23. The van der Waals surface area contributed by atoms with Crippen LogP contribution in [0.1, 0.15) is 26.3 Å². The molecule has 1 radical (unpaired) electrons. The lowest BCUT2D eigenvalue weighted by molar-refractivity contribution is 0.408. The van der Waals surface area contributed by atoms with Crippen LogP contribution in [0.5, 0.6) is 11.5 Å². The summed E-state index contributed by atoms with van der Waals surface area (Å²) >= 11 is 0. The summed E-state index contributed by atoms with van der Waals surface area (Å²) < 4.78 is 19.5. The smallest absolute Gasteiger partial charge is 0.274 e. The molecular formula is C12H18FO2Si. The van der Waals surface area contributed by atoms with Gasteiger partial charge in [-0.15, -0.1) is 0 Å². The molecule has 1 aromatic rings. The summed E-state index contributed by atoms with van der Waals surface area (Å²) in [7, 11) is -0.946. The highest BCUT2D eigenvalue weighted by atomic mass is 28.3. The summed E-state index contributed by atoms with van der Waals surface area (Å²) in [5.74, 6) is -0.354. The molecule has 0 spiro atoms. The zero-order chi connectivity index (χ0) is 12.5. The Labute approximate surface area is 97.8 Å². The first kappa shape index (κ1) is 13.0. The van der Waals surface area contributed by atoms with Crippen molar-refractivity contribution >= 4 is 9.04 Å². The molecular weight excluding hydrogens is 223 g/mol. The highest BCUT2D eigenvalue weighted by Gasteiger charge is 2.26. The maximum Gasteiger partial charge on any atom is 0.274 e. The lowest BCUT2D eigenvalue weighted by Crippen LogP contribution is -2.19. The van der Waals surface area contributed by atoms with Gasteiger partial charge < -0.3 is 9.53 Å². The van der Waals surface area contributed by atoms with E-state index in [1.54, 1.807) is 6.07 Å². The molecule has 0 aromatic heterocycles. The quantitative estimate of drug-likeness (QED) is 0.803. The molecule has 0 aliphatic carbocycles. The number of benzene rings is 1. The number of hydrogen-bond acceptors (Lipinski definition) is 2. The standard InChI is InChI=1S/C12H18FO2Si/c1-12(2,3)10-9(15-16(4)5)7-6-8(14)11(10)13/h6-7,14H,1-5H3. The number of halogens is 1. The maximum atomic E-state index is 13.9. The van der Waals surface area contributed by atoms with E-state index in [0.717, 1.165) is 0 Å². The van der Waals surface area contributed by atoms with Crippen LogP contribution in [0.4, 0.5) is 4.39 Å². The molecule has 16 heavy (non-hydrogen) atoms. The van der Waals surface area contributed by atoms with E-state index in [1.807, 2.05) is 33.9 Å². The van der Waals surface area contributed by atoms with E-state index in [2.05, 4.69) is 0 Å². The summed E-state index contributed by atoms with van der Waals surface area (Å²) in [6.45, 7) is 9.67. The van der Waals surface area contributed by atoms with E-state index in [4.69, 9.17) is 4.43 Å². The first-order chi connectivity index (χ1) is 7.23. The average Bonchev–Trinajstić information content (AvgIpc) is 2.08. The van der Waals surface area contributed by atoms with Crippen LogP contribution in [0, 0.1) is 5.82 Å². The fourth-order valence-corrected chi connectivity index (χ4v) is 2.16. The lowest BCUT2D eigenvalue weighted by Gasteiger charge is -2.24. The molecule has 0 aliphatic rings. The van der Waals surface area contributed by atoms with Gasteiger partial charge in [-0.3, -0.25) is 0 Å². The largest absolute Gasteiger partial charge is 0.542 e. The van der Waals surface area contributed by atoms with Crippen molar-refractivity contribution in [2.75, 3.05) is 0 Å². The van der Waals surface area contributed by atoms with Crippen LogP contribution < -0.4 is 4.43 Å². The lowest BCUT2D eigenvalue weighted by atomic mass is 9.86. The van der Waals surface area contributed by atoms with Gasteiger partial charge in [0.15, 0.2) is 11.6 Å². The van der Waals surface area contributed by atoms with E-state index in [-0.39, 0.29) is 5.75 Å². The zero-order valence-electron chi connectivity index (χ0n) is 10.4. The summed E-state index contributed by atoms with van der Waals surface area (Å²) in [4.78, 5) is 0. The average molecular weight is 241 g/mol. The molecule has 0 atom stereocenters. The number of rotatable bonds is 2. The van der Waals surface area contributed by atoms with Gasteiger partial charge in [0.25, 0.3) is 9.04 Å². The molecule has 0 amide bonds. The third kappa shape index (κ3) is 2.75. The summed E-state index contributed by atoms with van der Waals surface area (Å²) in [6.07, 6.45) is 0. The minimum absolute atomic E-state index is 0.321. The fourth-order valence-electron chi connectivity index (χ4n) is 1.55. The molecule has 0 heterocycles. The predicted octanol–water partition coefficient (Wildman–Crippen LogP) is 3.46. The highest BCUT2D eigenvalue weighted by molar-refractivity contribution is 6.49. The van der Waals surface area contributed by atoms with E-state index < -0.39 is 20.3 Å². The molecule has 1 aromatic carbocycles. The normalized spacial score (nSPS) is 11.9. The molecule has 2 nitrogen and oxygen atoms in total. The fraction of sp³-hybridized carbons (Fsp3) is 0.500. The zero-order valence-corrected chi connectivity index (χ0v) is 11.4. The molecule has 0 bridgehead atoms. The van der Waals surface area contributed by atoms with Gasteiger partial charge in [-0.1, -0.05) is 20.8 Å². The van der Waals surface area contributed by atoms with Crippen molar-refractivity contribution in [3.8, 4) is 11.5 Å². The Bertz CT molecular complexity index is 383. The molecule has 89 valence electrons. The van der Waals surface area contributed by atoms with Crippen molar-refractivity contribution < 1.29 is 13.9 Å². The first-order valence-corrected chi connectivity index (χ1v) is 7.64. The van der Waals surface area contributed by atoms with Crippen molar-refractivity contribution in [1.82, 2.24) is 0 Å². The second kappa shape index (κ2) is 4.45. The predicted molar refractivity (Wildman–Crippen MR) is 64.9 cm³/mol. The number of hydrogen-bond donors (Lipinski definition) is 1. The van der Waals surface area contributed by atoms with E-state index >= 15 is 0 Å². The van der Waals surface area contributed by atoms with Crippen LogP contribution >= 0.6 is 0 Å². The third-order valence-corrected chi connectivity index (χ3v) is 2.78. The van der Waals surface area contributed by atoms with Crippen molar-refractivity contribution in [2.45, 2.75) is 39.3 Å². The van der Waals surface area contributed by atoms with Crippen LogP contribution in [-0.2, 0) is 5.41 Å². The van der Waals surface area contributed by atoms with Gasteiger partial charge >= 0.3 is 0 Å². The van der Waals surface area contributed by atoms with Crippen molar-refractivity contribution in [3.63, 3.8) is 0 Å². The van der Waals surface area contributed by atoms with Crippen LogP contribution in [0.3, 0.4) is 0 Å². The topological polar surface area (TPSA) is 29.5 Å². The van der Waals surface area contributed by atoms with Crippen molar-refractivity contribution in [1.29, 1.82) is 0 Å². The Balaban J connectivity index is 3.33. The van der Waals surface area contributed by atoms with Gasteiger partial charge in [0.1, 0.15) is 5.75 Å². The molecule has 1 rings (SSSR count). The Morgan fingerprint density at radius 2 is 1.81 bits per heavy atom. The molecule has 0 fully saturated rings. The molecule has 0 aliphatic heterocycles. The second-order valence-corrected chi connectivity index (χ2v) is 7.05. The Morgan fingerprint density at radius 3 is 2.25 bits per heavy atom. The van der Waals surface area contributed by atoms with Gasteiger partial charge in [0, 0.05) is 5.56 Å². The third-order valence-electron chi connectivity index (χ3n) is 2.15. The van der Waals surface area contributed by atoms with Gasteiger partial charge in [0.05, 0.1) is 0 Å². The van der Waals surface area contributed by atoms with Crippen molar-refractivity contribution in [3.05, 3.63) is 23.5 Å². The Kier molecular flexibility index (Phi) is 3.63. The maximum absolute atomic E-state index is 13.9. The molecule has 0 saturated carbocycles. The molecule has 4 heteroatoms. The van der Waals surface area contributed by atoms with Gasteiger partial charge in [-0.25, -0.2) is 4.39 Å². The Morgan fingerprint density at radius 1 is 1.25 bits per heavy atom. The van der Waals surface area contributed by atoms with E-state index in [1.165, 1.54) is 6.07 Å². The monoisotopic (exact) mass is 241 g/mol. The molecule has 0 saturated heterocycles. The van der Waals surface area contributed by atoms with E-state index in [9.17, 15) is 9.50 Å². The summed E-state index contributed by atoms with van der Waals surface area (Å²) in [5.41, 5.74) is 0.0499. The van der Waals surface area contributed by atoms with Gasteiger partial charge in [-0.05, 0) is 30.6 Å². The number of phenolic OH excluding ortho intramolecular Hbond substituents is 1. The minimum Gasteiger partial charge on any atom is -0.542 e. The van der Waals surface area contributed by atoms with Crippen LogP contribution in [0.25, 0.3) is 0 Å². The van der Waals surface area contributed by atoms with E-state index in [0.29, 0.717) is 11.3 Å². The van der Waals surface area contributed by atoms with Crippen LogP contribution in [0.2, 0.25) is 13.1 Å². The Hall–Kier alpha value is -1.03. The second-order valence-electron chi connectivity index (χ2n) is 5.03. The van der Waals surface area contributed by atoms with Crippen LogP contribution in [-0.4, -0.2) is 14.1 Å². The minimum atomic E-state index is -0.946. The summed E-state index contributed by atoms with van der Waals surface area (Å²) in [5, 5.41) is 9.40. The van der Waals surface area contributed by atoms with Crippen LogP contribution in [0.15, 0.2) is 12.1 Å². The SMILES string of the molecule is C[Si](C)Oc1ccc(O)c(F)c1C(C)(C)C. The number of aromatic hydroxyl groups is 1.